The van der Waals surface area contributed by atoms with E-state index in [1.165, 1.54) is 141 Å². The summed E-state index contributed by atoms with van der Waals surface area (Å²) in [5.41, 5.74) is 0. The number of nitrogens with zero attached hydrogens (tertiary/aromatic N) is 1. The summed E-state index contributed by atoms with van der Waals surface area (Å²) in [4.78, 5) is 28.5. The van der Waals surface area contributed by atoms with Crippen LogP contribution >= 0.6 is 0 Å². The molecule has 0 aromatic heterocycles. The Morgan fingerprint density at radius 1 is 0.694 bits per heavy atom. The number of rotatable bonds is 31. The van der Waals surface area contributed by atoms with Crippen LogP contribution in [-0.4, -0.2) is 49.7 Å². The quantitative estimate of drug-likeness (QED) is 0.0412. The van der Waals surface area contributed by atoms with Crippen LogP contribution in [0.2, 0.25) is 0 Å². The molecule has 5 heteroatoms. The highest BCUT2D eigenvalue weighted by Gasteiger charge is 2.40. The molecule has 2 rings (SSSR count). The van der Waals surface area contributed by atoms with Crippen molar-refractivity contribution in [2.24, 2.45) is 23.7 Å². The van der Waals surface area contributed by atoms with Crippen LogP contribution in [0.25, 0.3) is 0 Å². The van der Waals surface area contributed by atoms with Gasteiger partial charge in [0, 0.05) is 18.9 Å². The van der Waals surface area contributed by atoms with E-state index in [0.29, 0.717) is 18.9 Å². The Hall–Kier alpha value is -1.36. The maximum absolute atomic E-state index is 13.3. The number of carbonyl (C=O) groups excluding carboxylic acids is 2. The highest BCUT2D eigenvalue weighted by molar-refractivity contribution is 5.73. The van der Waals surface area contributed by atoms with E-state index in [-0.39, 0.29) is 35.8 Å². The zero-order chi connectivity index (χ0) is 35.4. The summed E-state index contributed by atoms with van der Waals surface area (Å²) in [5.74, 6) is 0.813. The first kappa shape index (κ1) is 43.8. The predicted octanol–water partition coefficient (Wildman–Crippen LogP) is 12.4. The number of carbonyl (C=O) groups is 2. The van der Waals surface area contributed by atoms with E-state index < -0.39 is 0 Å². The van der Waals surface area contributed by atoms with Crippen LogP contribution in [0.1, 0.15) is 201 Å². The maximum Gasteiger partial charge on any atom is 0.310 e. The van der Waals surface area contributed by atoms with Crippen LogP contribution in [0.15, 0.2) is 12.2 Å². The van der Waals surface area contributed by atoms with Gasteiger partial charge in [-0.2, -0.15) is 0 Å². The topological polar surface area (TPSA) is 55.8 Å². The third-order valence-electron chi connectivity index (χ3n) is 11.5. The van der Waals surface area contributed by atoms with Crippen molar-refractivity contribution in [3.63, 3.8) is 0 Å². The Bertz CT molecular complexity index is 819. The Morgan fingerprint density at radius 2 is 1.22 bits per heavy atom. The number of unbranched alkanes of at least 4 members (excludes halogenated alkanes) is 18. The lowest BCUT2D eigenvalue weighted by molar-refractivity contribution is -0.155. The maximum atomic E-state index is 13.3. The Morgan fingerprint density at radius 3 is 1.71 bits per heavy atom. The van der Waals surface area contributed by atoms with E-state index >= 15 is 0 Å². The smallest absolute Gasteiger partial charge is 0.310 e. The number of hydrogen-bond donors (Lipinski definition) is 0. The van der Waals surface area contributed by atoms with Crippen molar-refractivity contribution in [2.45, 2.75) is 207 Å². The molecule has 1 saturated carbocycles. The SMILES string of the molecule is CC/C=C\CC1C(CC(=O)OCC(CCCCCCCCCCCC)CCCCCCCCCCCC)CCC1OC(=O)C1CCN(C)C1. The molecule has 1 saturated heterocycles. The van der Waals surface area contributed by atoms with Crippen LogP contribution in [0.3, 0.4) is 0 Å². The molecule has 49 heavy (non-hydrogen) atoms. The van der Waals surface area contributed by atoms with E-state index in [4.69, 9.17) is 9.47 Å². The van der Waals surface area contributed by atoms with E-state index in [1.54, 1.807) is 0 Å². The third kappa shape index (κ3) is 20.9. The number of hydrogen-bond acceptors (Lipinski definition) is 5. The molecule has 5 nitrogen and oxygen atoms in total. The van der Waals surface area contributed by atoms with Gasteiger partial charge in [-0.25, -0.2) is 0 Å². The van der Waals surface area contributed by atoms with Crippen molar-refractivity contribution in [1.29, 1.82) is 0 Å². The minimum atomic E-state index is -0.0851. The van der Waals surface area contributed by atoms with Gasteiger partial charge in [0.05, 0.1) is 12.5 Å². The molecule has 0 aromatic carbocycles. The number of allylic oxidation sites excluding steroid dienone is 2. The number of ether oxygens (including phenoxy) is 2. The molecule has 0 amide bonds. The van der Waals surface area contributed by atoms with Crippen molar-refractivity contribution in [1.82, 2.24) is 4.90 Å². The summed E-state index contributed by atoms with van der Waals surface area (Å²) in [7, 11) is 2.07. The number of esters is 2. The minimum Gasteiger partial charge on any atom is -0.465 e. The largest absolute Gasteiger partial charge is 0.465 e. The highest BCUT2D eigenvalue weighted by Crippen LogP contribution is 2.40. The standard InChI is InChI=1S/C44H81NO4/c1-5-8-11-13-15-17-19-21-23-26-28-38(29-27-24-22-20-18-16-14-12-9-6-2)37-48-43(46)35-39-31-32-42(41(39)30-25-10-7-3)49-44(47)40-33-34-45(4)36-40/h10,25,38-42H,5-9,11-24,26-37H2,1-4H3/b25-10-. The first-order valence-electron chi connectivity index (χ1n) is 21.7. The highest BCUT2D eigenvalue weighted by atomic mass is 16.5. The van der Waals surface area contributed by atoms with Crippen molar-refractivity contribution in [2.75, 3.05) is 26.7 Å². The van der Waals surface area contributed by atoms with Gasteiger partial charge in [-0.15, -0.1) is 0 Å². The molecule has 4 atom stereocenters. The molecule has 4 unspecified atom stereocenters. The van der Waals surface area contributed by atoms with Gasteiger partial charge in [-0.1, -0.05) is 161 Å². The minimum absolute atomic E-state index is 0.0103. The second-order valence-electron chi connectivity index (χ2n) is 16.0. The van der Waals surface area contributed by atoms with Crippen LogP contribution < -0.4 is 0 Å². The molecule has 1 aliphatic carbocycles. The molecule has 2 fully saturated rings. The Kier molecular flexibility index (Phi) is 26.1. The molecule has 286 valence electrons. The van der Waals surface area contributed by atoms with Gasteiger partial charge < -0.3 is 14.4 Å². The molecular weight excluding hydrogens is 606 g/mol. The van der Waals surface area contributed by atoms with Crippen molar-refractivity contribution in [3.05, 3.63) is 12.2 Å². The molecule has 0 radical (unpaired) electrons. The lowest BCUT2D eigenvalue weighted by Crippen LogP contribution is -2.30. The fraction of sp³-hybridized carbons (Fsp3) is 0.909. The first-order chi connectivity index (χ1) is 24.0. The molecule has 1 heterocycles. The van der Waals surface area contributed by atoms with Crippen molar-refractivity contribution in [3.8, 4) is 0 Å². The van der Waals surface area contributed by atoms with E-state index in [1.807, 2.05) is 0 Å². The fourth-order valence-corrected chi connectivity index (χ4v) is 8.28. The lowest BCUT2D eigenvalue weighted by Gasteiger charge is -2.25. The lowest BCUT2D eigenvalue weighted by atomic mass is 9.88. The summed E-state index contributed by atoms with van der Waals surface area (Å²) in [6.45, 7) is 9.05. The monoisotopic (exact) mass is 688 g/mol. The summed E-state index contributed by atoms with van der Waals surface area (Å²) in [5, 5.41) is 0. The molecule has 0 spiro atoms. The van der Waals surface area contributed by atoms with Gasteiger partial charge in [-0.3, -0.25) is 9.59 Å². The van der Waals surface area contributed by atoms with E-state index in [0.717, 1.165) is 45.2 Å². The van der Waals surface area contributed by atoms with Gasteiger partial charge in [0.15, 0.2) is 0 Å². The van der Waals surface area contributed by atoms with Gasteiger partial charge >= 0.3 is 11.9 Å². The summed E-state index contributed by atoms with van der Waals surface area (Å²) in [6.07, 6.45) is 38.9. The molecule has 0 bridgehead atoms. The summed E-state index contributed by atoms with van der Waals surface area (Å²) in [6, 6.07) is 0. The van der Waals surface area contributed by atoms with Gasteiger partial charge in [0.1, 0.15) is 6.10 Å². The second kappa shape index (κ2) is 29.2. The van der Waals surface area contributed by atoms with Gasteiger partial charge in [-0.05, 0) is 70.4 Å². The van der Waals surface area contributed by atoms with Crippen LogP contribution in [0, 0.1) is 23.7 Å². The van der Waals surface area contributed by atoms with Gasteiger partial charge in [0.2, 0.25) is 0 Å². The zero-order valence-corrected chi connectivity index (χ0v) is 33.0. The molecule has 1 aliphatic heterocycles. The average Bonchev–Trinajstić information content (AvgIpc) is 3.70. The van der Waals surface area contributed by atoms with Crippen LogP contribution in [0.4, 0.5) is 0 Å². The second-order valence-corrected chi connectivity index (χ2v) is 16.0. The zero-order valence-electron chi connectivity index (χ0n) is 33.0. The van der Waals surface area contributed by atoms with Crippen molar-refractivity contribution >= 4 is 11.9 Å². The summed E-state index contributed by atoms with van der Waals surface area (Å²) < 4.78 is 12.2. The first-order valence-corrected chi connectivity index (χ1v) is 21.7. The molecule has 2 aliphatic rings. The third-order valence-corrected chi connectivity index (χ3v) is 11.5. The Balaban J connectivity index is 1.79. The van der Waals surface area contributed by atoms with Gasteiger partial charge in [0.25, 0.3) is 0 Å². The molecular formula is C44H81NO4. The van der Waals surface area contributed by atoms with Crippen LogP contribution in [-0.2, 0) is 19.1 Å². The normalized spacial score (nSPS) is 21.3. The fourth-order valence-electron chi connectivity index (χ4n) is 8.28. The Labute approximate surface area is 304 Å². The molecule has 0 N–H and O–H groups in total. The van der Waals surface area contributed by atoms with Crippen molar-refractivity contribution < 1.29 is 19.1 Å². The predicted molar refractivity (Wildman–Crippen MR) is 208 cm³/mol. The number of likely N-dealkylation sites (tertiary alicyclic amines) is 1. The van der Waals surface area contributed by atoms with Crippen LogP contribution in [0.5, 0.6) is 0 Å². The average molecular weight is 688 g/mol. The van der Waals surface area contributed by atoms with E-state index in [9.17, 15) is 9.59 Å². The van der Waals surface area contributed by atoms with E-state index in [2.05, 4.69) is 44.9 Å². The molecule has 0 aromatic rings. The summed E-state index contributed by atoms with van der Waals surface area (Å²) >= 11 is 0.